The summed E-state index contributed by atoms with van der Waals surface area (Å²) in [6.07, 6.45) is 1.51. The Balaban J connectivity index is 0.000000202. The molecule has 6 aromatic rings. The van der Waals surface area contributed by atoms with Crippen molar-refractivity contribution in [3.63, 3.8) is 0 Å². The highest BCUT2D eigenvalue weighted by atomic mass is 16.2. The van der Waals surface area contributed by atoms with Crippen LogP contribution >= 0.6 is 0 Å². The van der Waals surface area contributed by atoms with Gasteiger partial charge in [0.05, 0.1) is 6.04 Å². The molecule has 0 saturated carbocycles. The maximum atomic E-state index is 13.7. The molecule has 7 heteroatoms. The summed E-state index contributed by atoms with van der Waals surface area (Å²) in [5, 5.41) is 3.59. The molecule has 6 aromatic carbocycles. The molecule has 0 bridgehead atoms. The van der Waals surface area contributed by atoms with Gasteiger partial charge in [0.25, 0.3) is 0 Å². The van der Waals surface area contributed by atoms with Crippen molar-refractivity contribution in [2.75, 3.05) is 52.4 Å². The Hall–Kier alpha value is -5.86. The van der Waals surface area contributed by atoms with Gasteiger partial charge in [0.2, 0.25) is 11.8 Å². The highest BCUT2D eigenvalue weighted by molar-refractivity contribution is 5.82. The van der Waals surface area contributed by atoms with Crippen LogP contribution in [0.1, 0.15) is 34.7 Å². The number of benzene rings is 6. The van der Waals surface area contributed by atoms with Gasteiger partial charge < -0.3 is 15.1 Å². The average molecular weight is 812 g/mol. The third-order valence-electron chi connectivity index (χ3n) is 11.9. The van der Waals surface area contributed by atoms with Crippen LogP contribution in [0.25, 0.3) is 11.1 Å². The molecule has 314 valence electrons. The van der Waals surface area contributed by atoms with Crippen molar-refractivity contribution in [1.82, 2.24) is 24.9 Å². The molecule has 2 amide bonds. The molecule has 2 aliphatic heterocycles. The van der Waals surface area contributed by atoms with Crippen LogP contribution in [0.4, 0.5) is 0 Å². The summed E-state index contributed by atoms with van der Waals surface area (Å²) in [5.41, 5.74) is 8.67. The minimum Gasteiger partial charge on any atom is -0.340 e. The lowest BCUT2D eigenvalue weighted by Crippen LogP contribution is -2.54. The summed E-state index contributed by atoms with van der Waals surface area (Å²) in [5.74, 6) is 0.537. The van der Waals surface area contributed by atoms with E-state index in [-0.39, 0.29) is 17.9 Å². The zero-order valence-electron chi connectivity index (χ0n) is 35.7. The van der Waals surface area contributed by atoms with Crippen molar-refractivity contribution in [3.8, 4) is 11.1 Å². The lowest BCUT2D eigenvalue weighted by Gasteiger charge is -2.36. The third-order valence-corrected chi connectivity index (χ3v) is 11.9. The van der Waals surface area contributed by atoms with E-state index in [9.17, 15) is 9.59 Å². The first-order valence-corrected chi connectivity index (χ1v) is 22.0. The molecule has 0 radical (unpaired) electrons. The van der Waals surface area contributed by atoms with Crippen molar-refractivity contribution in [2.24, 2.45) is 5.92 Å². The smallest absolute Gasteiger partial charge is 0.240 e. The fourth-order valence-electron chi connectivity index (χ4n) is 8.31. The van der Waals surface area contributed by atoms with Crippen molar-refractivity contribution in [1.29, 1.82) is 0 Å². The molecular formula is C54H61N5O2. The number of rotatable bonds is 14. The monoisotopic (exact) mass is 811 g/mol. The average Bonchev–Trinajstić information content (AvgIpc) is 3.32. The summed E-state index contributed by atoms with van der Waals surface area (Å²) >= 11 is 0. The predicted molar refractivity (Wildman–Crippen MR) is 249 cm³/mol. The number of hydrogen-bond donors (Lipinski definition) is 1. The molecule has 2 heterocycles. The second-order valence-corrected chi connectivity index (χ2v) is 16.5. The third kappa shape index (κ3) is 13.3. The first-order chi connectivity index (χ1) is 30.0. The minimum atomic E-state index is -0.253. The SMILES string of the molecule is C[C@@H](Cc1ccccc1)C(=O)N1CCN(Cc2ccccc2)CC1.O=C([C@H](Cc1ccccc1)NCc1ccc(-c2ccccc2)cc1)N1CCN(Cc2ccccc2)CC1. The Kier molecular flexibility index (Phi) is 16.1. The zero-order chi connectivity index (χ0) is 42.1. The van der Waals surface area contributed by atoms with E-state index in [1.165, 1.54) is 38.9 Å². The number of nitrogens with zero attached hydrogens (tertiary/aromatic N) is 4. The van der Waals surface area contributed by atoms with Crippen LogP contribution < -0.4 is 5.32 Å². The molecule has 0 spiro atoms. The Morgan fingerprint density at radius 2 is 0.803 bits per heavy atom. The fourth-order valence-corrected chi connectivity index (χ4v) is 8.31. The zero-order valence-corrected chi connectivity index (χ0v) is 35.7. The molecule has 61 heavy (non-hydrogen) atoms. The maximum Gasteiger partial charge on any atom is 0.240 e. The molecule has 2 aliphatic rings. The molecule has 1 N–H and O–H groups in total. The Bertz CT molecular complexity index is 2170. The van der Waals surface area contributed by atoms with Crippen LogP contribution in [0, 0.1) is 5.92 Å². The van der Waals surface area contributed by atoms with Gasteiger partial charge in [0.1, 0.15) is 0 Å². The Labute approximate surface area is 363 Å². The highest BCUT2D eigenvalue weighted by Crippen LogP contribution is 2.20. The van der Waals surface area contributed by atoms with Gasteiger partial charge in [0.15, 0.2) is 0 Å². The second kappa shape index (κ2) is 22.7. The normalized spacial score (nSPS) is 15.6. The van der Waals surface area contributed by atoms with Crippen molar-refractivity contribution >= 4 is 11.8 Å². The molecule has 0 aliphatic carbocycles. The lowest BCUT2D eigenvalue weighted by atomic mass is 9.99. The van der Waals surface area contributed by atoms with Gasteiger partial charge in [-0.2, -0.15) is 0 Å². The van der Waals surface area contributed by atoms with E-state index in [0.717, 1.165) is 71.9 Å². The first-order valence-electron chi connectivity index (χ1n) is 22.0. The number of piperazine rings is 2. The van der Waals surface area contributed by atoms with Crippen molar-refractivity contribution in [3.05, 3.63) is 204 Å². The minimum absolute atomic E-state index is 0.0491. The van der Waals surface area contributed by atoms with Crippen LogP contribution in [-0.4, -0.2) is 89.8 Å². The molecular weight excluding hydrogens is 751 g/mol. The Morgan fingerprint density at radius 1 is 0.426 bits per heavy atom. The molecule has 2 saturated heterocycles. The maximum absolute atomic E-state index is 13.7. The summed E-state index contributed by atoms with van der Waals surface area (Å²) < 4.78 is 0. The summed E-state index contributed by atoms with van der Waals surface area (Å²) in [7, 11) is 0. The molecule has 7 nitrogen and oxygen atoms in total. The van der Waals surface area contributed by atoms with E-state index in [1.54, 1.807) is 0 Å². The summed E-state index contributed by atoms with van der Waals surface area (Å²) in [6.45, 7) is 11.6. The molecule has 2 atom stereocenters. The van der Waals surface area contributed by atoms with Crippen molar-refractivity contribution in [2.45, 2.75) is 45.4 Å². The van der Waals surface area contributed by atoms with Crippen LogP contribution in [0.2, 0.25) is 0 Å². The predicted octanol–water partition coefficient (Wildman–Crippen LogP) is 8.61. The topological polar surface area (TPSA) is 59.1 Å². The summed E-state index contributed by atoms with van der Waals surface area (Å²) in [4.78, 5) is 35.3. The lowest BCUT2D eigenvalue weighted by molar-refractivity contribution is -0.137. The number of carbonyl (C=O) groups excluding carboxylic acids is 2. The number of nitrogens with one attached hydrogen (secondary N) is 1. The van der Waals surface area contributed by atoms with E-state index in [2.05, 4.69) is 143 Å². The van der Waals surface area contributed by atoms with E-state index in [4.69, 9.17) is 0 Å². The molecule has 8 rings (SSSR count). The van der Waals surface area contributed by atoms with E-state index in [0.29, 0.717) is 18.9 Å². The van der Waals surface area contributed by atoms with Gasteiger partial charge in [-0.25, -0.2) is 0 Å². The fraction of sp³-hybridized carbons (Fsp3) is 0.296. The number of hydrogen-bond acceptors (Lipinski definition) is 5. The van der Waals surface area contributed by atoms with Crippen LogP contribution in [-0.2, 0) is 42.1 Å². The van der Waals surface area contributed by atoms with Gasteiger partial charge in [0, 0.05) is 77.9 Å². The van der Waals surface area contributed by atoms with Gasteiger partial charge in [-0.1, -0.05) is 183 Å². The van der Waals surface area contributed by atoms with E-state index >= 15 is 0 Å². The summed E-state index contributed by atoms with van der Waals surface area (Å²) in [6, 6.07) is 60.5. The molecule has 2 fully saturated rings. The quantitative estimate of drug-likeness (QED) is 0.120. The molecule has 0 unspecified atom stereocenters. The van der Waals surface area contributed by atoms with Crippen LogP contribution in [0.15, 0.2) is 176 Å². The first kappa shape index (κ1) is 43.2. The van der Waals surface area contributed by atoms with Crippen molar-refractivity contribution < 1.29 is 9.59 Å². The van der Waals surface area contributed by atoms with Crippen LogP contribution in [0.5, 0.6) is 0 Å². The van der Waals surface area contributed by atoms with Gasteiger partial charge in [-0.3, -0.25) is 19.4 Å². The van der Waals surface area contributed by atoms with Gasteiger partial charge in [-0.15, -0.1) is 0 Å². The standard InChI is InChI=1S/C33H35N3O.C21H26N2O/c37-33(36-22-20-35(21-23-36)26-29-12-6-2-7-13-29)32(24-27-10-4-1-5-11-27)34-25-28-16-18-31(19-17-28)30-14-8-3-9-15-30;1-18(16-19-8-4-2-5-9-19)21(24)23-14-12-22(13-15-23)17-20-10-6-3-7-11-20/h1-19,32,34H,20-26H2;2-11,18H,12-17H2,1H3/t32-;18-/m00/s1. The Morgan fingerprint density at radius 3 is 1.26 bits per heavy atom. The largest absolute Gasteiger partial charge is 0.340 e. The second-order valence-electron chi connectivity index (χ2n) is 16.5. The highest BCUT2D eigenvalue weighted by Gasteiger charge is 2.28. The number of carbonyl (C=O) groups is 2. The number of amides is 2. The van der Waals surface area contributed by atoms with E-state index < -0.39 is 0 Å². The van der Waals surface area contributed by atoms with E-state index in [1.807, 2.05) is 65.3 Å². The van der Waals surface area contributed by atoms with Gasteiger partial charge >= 0.3 is 0 Å². The molecule has 0 aromatic heterocycles. The van der Waals surface area contributed by atoms with Crippen LogP contribution in [0.3, 0.4) is 0 Å². The van der Waals surface area contributed by atoms with Gasteiger partial charge in [-0.05, 0) is 51.8 Å².